The molecule has 5 nitrogen and oxygen atoms in total. The molecule has 0 saturated heterocycles. The first kappa shape index (κ1) is 15.3. The van der Waals surface area contributed by atoms with E-state index >= 15 is 0 Å². The summed E-state index contributed by atoms with van der Waals surface area (Å²) < 4.78 is 4.81. The highest BCUT2D eigenvalue weighted by Crippen LogP contribution is 2.27. The fraction of sp³-hybridized carbons (Fsp3) is 0.867. The van der Waals surface area contributed by atoms with Gasteiger partial charge in [-0.05, 0) is 38.5 Å². The summed E-state index contributed by atoms with van der Waals surface area (Å²) in [5.74, 6) is -0.0378. The van der Waals surface area contributed by atoms with Crippen molar-refractivity contribution in [2.45, 2.75) is 63.5 Å². The van der Waals surface area contributed by atoms with Gasteiger partial charge in [-0.25, -0.2) is 0 Å². The van der Waals surface area contributed by atoms with E-state index in [9.17, 15) is 9.59 Å². The first-order chi connectivity index (χ1) is 9.60. The van der Waals surface area contributed by atoms with E-state index in [4.69, 9.17) is 10.5 Å². The van der Waals surface area contributed by atoms with Crippen LogP contribution in [0.25, 0.3) is 0 Å². The largest absolute Gasteiger partial charge is 0.469 e. The van der Waals surface area contributed by atoms with Crippen molar-refractivity contribution < 1.29 is 14.3 Å². The highest BCUT2D eigenvalue weighted by atomic mass is 16.5. The molecule has 3 N–H and O–H groups in total. The summed E-state index contributed by atoms with van der Waals surface area (Å²) in [6.07, 6.45) is 7.29. The summed E-state index contributed by atoms with van der Waals surface area (Å²) in [6, 6.07) is 0.271. The number of carbonyl (C=O) groups excluding carboxylic acids is 2. The first-order valence-corrected chi connectivity index (χ1v) is 7.74. The summed E-state index contributed by atoms with van der Waals surface area (Å²) in [6.45, 7) is 0. The highest BCUT2D eigenvalue weighted by Gasteiger charge is 2.31. The zero-order valence-electron chi connectivity index (χ0n) is 12.3. The minimum Gasteiger partial charge on any atom is -0.469 e. The molecule has 0 heterocycles. The SMILES string of the molecule is COC(=O)[C@@H]1CCC[C@H](NC(=O)[C@@H]2CCC[C@H](N)C2)C1. The van der Waals surface area contributed by atoms with Gasteiger partial charge in [-0.15, -0.1) is 0 Å². The molecule has 0 aromatic carbocycles. The number of amides is 1. The Morgan fingerprint density at radius 2 is 1.75 bits per heavy atom. The van der Waals surface area contributed by atoms with Crippen LogP contribution in [0, 0.1) is 11.8 Å². The van der Waals surface area contributed by atoms with Crippen molar-refractivity contribution in [2.75, 3.05) is 7.11 Å². The van der Waals surface area contributed by atoms with Gasteiger partial charge in [0.25, 0.3) is 0 Å². The lowest BCUT2D eigenvalue weighted by Crippen LogP contribution is -2.44. The standard InChI is InChI=1S/C15H26N2O3/c1-20-15(19)11-5-3-7-13(9-11)17-14(18)10-4-2-6-12(16)8-10/h10-13H,2-9,16H2,1H3,(H,17,18)/t10-,11-,12+,13+/m1/s1. The topological polar surface area (TPSA) is 81.4 Å². The van der Waals surface area contributed by atoms with Gasteiger partial charge in [0.2, 0.25) is 5.91 Å². The van der Waals surface area contributed by atoms with Gasteiger partial charge in [-0.1, -0.05) is 12.8 Å². The predicted octanol–water partition coefficient (Wildman–Crippen LogP) is 1.35. The molecular weight excluding hydrogens is 256 g/mol. The van der Waals surface area contributed by atoms with Crippen LogP contribution in [0.5, 0.6) is 0 Å². The monoisotopic (exact) mass is 282 g/mol. The molecule has 0 aromatic rings. The van der Waals surface area contributed by atoms with Crippen LogP contribution in [0.2, 0.25) is 0 Å². The lowest BCUT2D eigenvalue weighted by atomic mass is 9.83. The summed E-state index contributed by atoms with van der Waals surface area (Å²) >= 11 is 0. The maximum Gasteiger partial charge on any atom is 0.308 e. The second-order valence-corrected chi connectivity index (χ2v) is 6.22. The van der Waals surface area contributed by atoms with Crippen molar-refractivity contribution in [3.8, 4) is 0 Å². The molecule has 2 aliphatic rings. The number of carbonyl (C=O) groups is 2. The molecule has 0 aromatic heterocycles. The molecular formula is C15H26N2O3. The van der Waals surface area contributed by atoms with E-state index in [0.717, 1.165) is 44.9 Å². The number of rotatable bonds is 3. The predicted molar refractivity (Wildman–Crippen MR) is 75.8 cm³/mol. The van der Waals surface area contributed by atoms with Gasteiger partial charge in [-0.3, -0.25) is 9.59 Å². The van der Waals surface area contributed by atoms with E-state index in [2.05, 4.69) is 5.32 Å². The van der Waals surface area contributed by atoms with Crippen LogP contribution < -0.4 is 11.1 Å². The van der Waals surface area contributed by atoms with Gasteiger partial charge in [-0.2, -0.15) is 0 Å². The summed E-state index contributed by atoms with van der Waals surface area (Å²) in [4.78, 5) is 23.9. The van der Waals surface area contributed by atoms with E-state index in [1.165, 1.54) is 7.11 Å². The third-order valence-corrected chi connectivity index (χ3v) is 4.64. The maximum absolute atomic E-state index is 12.3. The molecule has 0 radical (unpaired) electrons. The van der Waals surface area contributed by atoms with Crippen LogP contribution in [0.1, 0.15) is 51.4 Å². The number of esters is 1. The first-order valence-electron chi connectivity index (χ1n) is 7.74. The number of ether oxygens (including phenoxy) is 1. The van der Waals surface area contributed by atoms with Crippen molar-refractivity contribution in [3.05, 3.63) is 0 Å². The number of hydrogen-bond donors (Lipinski definition) is 2. The Bertz CT molecular complexity index is 359. The molecule has 2 rings (SSSR count). The van der Waals surface area contributed by atoms with Crippen LogP contribution in [-0.2, 0) is 14.3 Å². The third-order valence-electron chi connectivity index (χ3n) is 4.64. The average molecular weight is 282 g/mol. The zero-order valence-corrected chi connectivity index (χ0v) is 12.3. The van der Waals surface area contributed by atoms with Crippen molar-refractivity contribution in [1.82, 2.24) is 5.32 Å². The fourth-order valence-electron chi connectivity index (χ4n) is 3.49. The van der Waals surface area contributed by atoms with Gasteiger partial charge < -0.3 is 15.8 Å². The van der Waals surface area contributed by atoms with Crippen molar-refractivity contribution >= 4 is 11.9 Å². The van der Waals surface area contributed by atoms with Gasteiger partial charge in [0.1, 0.15) is 0 Å². The molecule has 1 amide bonds. The van der Waals surface area contributed by atoms with Gasteiger partial charge in [0.15, 0.2) is 0 Å². The van der Waals surface area contributed by atoms with Crippen LogP contribution in [0.3, 0.4) is 0 Å². The summed E-state index contributed by atoms with van der Waals surface area (Å²) in [5.41, 5.74) is 5.93. The molecule has 0 bridgehead atoms. The van der Waals surface area contributed by atoms with Gasteiger partial charge >= 0.3 is 5.97 Å². The highest BCUT2D eigenvalue weighted by molar-refractivity contribution is 5.79. The lowest BCUT2D eigenvalue weighted by Gasteiger charge is -2.31. The van der Waals surface area contributed by atoms with Gasteiger partial charge in [0.05, 0.1) is 13.0 Å². The average Bonchev–Trinajstić information content (AvgIpc) is 2.46. The Kier molecular flexibility index (Phi) is 5.40. The molecule has 0 aliphatic heterocycles. The summed E-state index contributed by atoms with van der Waals surface area (Å²) in [5, 5.41) is 3.12. The lowest BCUT2D eigenvalue weighted by molar-refractivity contribution is -0.147. The number of hydrogen-bond acceptors (Lipinski definition) is 4. The van der Waals surface area contributed by atoms with Crippen LogP contribution in [-0.4, -0.2) is 31.1 Å². The zero-order chi connectivity index (χ0) is 14.5. The van der Waals surface area contributed by atoms with E-state index in [1.807, 2.05) is 0 Å². The van der Waals surface area contributed by atoms with E-state index < -0.39 is 0 Å². The molecule has 2 aliphatic carbocycles. The minimum absolute atomic E-state index is 0.0530. The molecule has 114 valence electrons. The molecule has 2 saturated carbocycles. The maximum atomic E-state index is 12.3. The molecule has 0 unspecified atom stereocenters. The van der Waals surface area contributed by atoms with Crippen LogP contribution >= 0.6 is 0 Å². The molecule has 2 fully saturated rings. The molecule has 20 heavy (non-hydrogen) atoms. The smallest absolute Gasteiger partial charge is 0.308 e. The normalized spacial score (nSPS) is 34.3. The van der Waals surface area contributed by atoms with Crippen molar-refractivity contribution in [1.29, 1.82) is 0 Å². The Balaban J connectivity index is 1.82. The van der Waals surface area contributed by atoms with Gasteiger partial charge in [0, 0.05) is 18.0 Å². The minimum atomic E-state index is -0.149. The second kappa shape index (κ2) is 7.07. The molecule has 4 atom stereocenters. The molecule has 0 spiro atoms. The number of nitrogens with one attached hydrogen (secondary N) is 1. The molecule has 5 heteroatoms. The Hall–Kier alpha value is -1.10. The van der Waals surface area contributed by atoms with Crippen LogP contribution in [0.4, 0.5) is 0 Å². The Morgan fingerprint density at radius 3 is 2.45 bits per heavy atom. The Labute approximate surface area is 120 Å². The summed E-state index contributed by atoms with van der Waals surface area (Å²) in [7, 11) is 1.42. The quantitative estimate of drug-likeness (QED) is 0.766. The van der Waals surface area contributed by atoms with E-state index in [1.54, 1.807) is 0 Å². The third kappa shape index (κ3) is 3.95. The van der Waals surface area contributed by atoms with Crippen molar-refractivity contribution in [3.63, 3.8) is 0 Å². The van der Waals surface area contributed by atoms with E-state index in [0.29, 0.717) is 6.42 Å². The van der Waals surface area contributed by atoms with Crippen LogP contribution in [0.15, 0.2) is 0 Å². The van der Waals surface area contributed by atoms with E-state index in [-0.39, 0.29) is 35.8 Å². The Morgan fingerprint density at radius 1 is 1.05 bits per heavy atom. The fourth-order valence-corrected chi connectivity index (χ4v) is 3.49. The van der Waals surface area contributed by atoms with Crippen molar-refractivity contribution in [2.24, 2.45) is 17.6 Å². The number of nitrogens with two attached hydrogens (primary N) is 1. The number of methoxy groups -OCH3 is 1. The second-order valence-electron chi connectivity index (χ2n) is 6.22.